The van der Waals surface area contributed by atoms with Crippen molar-refractivity contribution in [3.05, 3.63) is 67.3 Å². The van der Waals surface area contributed by atoms with E-state index in [1.165, 1.54) is 11.1 Å². The molecule has 1 aromatic carbocycles. The first-order chi connectivity index (χ1) is 17.6. The Morgan fingerprint density at radius 1 is 1.03 bits per heavy atom. The van der Waals surface area contributed by atoms with Crippen molar-refractivity contribution >= 4 is 33.3 Å². The molecule has 1 fully saturated rings. The van der Waals surface area contributed by atoms with Crippen molar-refractivity contribution in [2.45, 2.75) is 13.3 Å². The highest BCUT2D eigenvalue weighted by molar-refractivity contribution is 6.00. The van der Waals surface area contributed by atoms with Crippen molar-refractivity contribution in [2.75, 3.05) is 43.4 Å². The van der Waals surface area contributed by atoms with Gasteiger partial charge in [-0.15, -0.1) is 0 Å². The number of aromatic nitrogens is 5. The second kappa shape index (κ2) is 9.13. The van der Waals surface area contributed by atoms with Crippen LogP contribution in [0.3, 0.4) is 0 Å². The molecule has 4 aromatic heterocycles. The molecular weight excluding hydrogens is 448 g/mol. The molecular formula is C28H30N8. The van der Waals surface area contributed by atoms with E-state index in [1.54, 1.807) is 0 Å². The fraction of sp³-hybridized carbons (Fsp3) is 0.250. The zero-order valence-corrected chi connectivity index (χ0v) is 20.7. The maximum Gasteiger partial charge on any atom is 0.181 e. The summed E-state index contributed by atoms with van der Waals surface area (Å²) in [6, 6.07) is 12.9. The molecule has 0 aliphatic carbocycles. The lowest BCUT2D eigenvalue weighted by molar-refractivity contribution is 0.313. The van der Waals surface area contributed by atoms with Crippen LogP contribution in [0, 0.1) is 0 Å². The first-order valence-electron chi connectivity index (χ1n) is 12.4. The highest BCUT2D eigenvalue weighted by atomic mass is 15.2. The number of nitrogens with one attached hydrogen (secondary N) is 3. The summed E-state index contributed by atoms with van der Waals surface area (Å²) in [6.07, 6.45) is 6.37. The number of H-pyrrole nitrogens is 2. The standard InChI is InChI=1S/C28H30N8/c1-4-18(2)31-21-12-19(15-29-17-21)20-13-23-27(33-34-28(23)30-16-20)25-14-22-24(32-25)6-5-7-26(22)36-10-8-35(3)9-11-36/h5-7,12-17,31-32H,2,4,8-11H2,1,3H3,(H,30,33,34). The number of piperazine rings is 1. The molecule has 8 nitrogen and oxygen atoms in total. The van der Waals surface area contributed by atoms with E-state index in [-0.39, 0.29) is 0 Å². The molecule has 182 valence electrons. The van der Waals surface area contributed by atoms with Crippen molar-refractivity contribution in [3.8, 4) is 22.5 Å². The van der Waals surface area contributed by atoms with E-state index in [4.69, 9.17) is 0 Å². The number of hydrogen-bond donors (Lipinski definition) is 3. The Balaban J connectivity index is 1.38. The molecule has 0 bridgehead atoms. The number of fused-ring (bicyclic) bond motifs is 2. The third-order valence-corrected chi connectivity index (χ3v) is 6.98. The average Bonchev–Trinajstić information content (AvgIpc) is 3.53. The number of hydrogen-bond acceptors (Lipinski definition) is 6. The van der Waals surface area contributed by atoms with Crippen LogP contribution < -0.4 is 10.2 Å². The largest absolute Gasteiger partial charge is 0.368 e. The van der Waals surface area contributed by atoms with Gasteiger partial charge in [0.1, 0.15) is 0 Å². The maximum atomic E-state index is 4.63. The van der Waals surface area contributed by atoms with Crippen molar-refractivity contribution in [1.29, 1.82) is 0 Å². The number of likely N-dealkylation sites (N-methyl/N-ethyl adjacent to an activating group) is 1. The summed E-state index contributed by atoms with van der Waals surface area (Å²) < 4.78 is 0. The molecule has 8 heteroatoms. The Bertz CT molecular complexity index is 1550. The number of nitrogens with zero attached hydrogens (tertiary/aromatic N) is 5. The van der Waals surface area contributed by atoms with E-state index in [2.05, 4.69) is 97.2 Å². The quantitative estimate of drug-likeness (QED) is 0.309. The first kappa shape index (κ1) is 22.3. The fourth-order valence-electron chi connectivity index (χ4n) is 4.82. The molecule has 0 spiro atoms. The number of anilines is 2. The molecule has 1 saturated heterocycles. The van der Waals surface area contributed by atoms with Crippen LogP contribution in [0.2, 0.25) is 0 Å². The van der Waals surface area contributed by atoms with Gasteiger partial charge in [-0.05, 0) is 43.8 Å². The molecule has 5 heterocycles. The monoisotopic (exact) mass is 478 g/mol. The zero-order chi connectivity index (χ0) is 24.6. The highest BCUT2D eigenvalue weighted by Gasteiger charge is 2.19. The van der Waals surface area contributed by atoms with Gasteiger partial charge in [0.15, 0.2) is 5.65 Å². The summed E-state index contributed by atoms with van der Waals surface area (Å²) in [6.45, 7) is 10.3. The maximum absolute atomic E-state index is 4.63. The van der Waals surface area contributed by atoms with Gasteiger partial charge in [0.2, 0.25) is 0 Å². The molecule has 1 aliphatic rings. The topological polar surface area (TPSA) is 88.8 Å². The summed E-state index contributed by atoms with van der Waals surface area (Å²) in [7, 11) is 2.18. The Morgan fingerprint density at radius 2 is 1.86 bits per heavy atom. The van der Waals surface area contributed by atoms with Gasteiger partial charge in [0.05, 0.1) is 23.3 Å². The van der Waals surface area contributed by atoms with Crippen molar-refractivity contribution < 1.29 is 0 Å². The van der Waals surface area contributed by atoms with Crippen molar-refractivity contribution in [3.63, 3.8) is 0 Å². The number of benzene rings is 1. The van der Waals surface area contributed by atoms with Gasteiger partial charge < -0.3 is 20.1 Å². The van der Waals surface area contributed by atoms with Crippen LogP contribution in [0.25, 0.3) is 44.5 Å². The second-order valence-corrected chi connectivity index (χ2v) is 9.45. The third-order valence-electron chi connectivity index (χ3n) is 6.98. The van der Waals surface area contributed by atoms with E-state index in [9.17, 15) is 0 Å². The van der Waals surface area contributed by atoms with Gasteiger partial charge in [0.25, 0.3) is 0 Å². The third kappa shape index (κ3) is 4.09. The number of pyridine rings is 2. The second-order valence-electron chi connectivity index (χ2n) is 9.45. The number of allylic oxidation sites excluding steroid dienone is 1. The molecule has 0 amide bonds. The van der Waals surface area contributed by atoms with Gasteiger partial charge in [-0.3, -0.25) is 10.1 Å². The smallest absolute Gasteiger partial charge is 0.181 e. The minimum atomic E-state index is 0.688. The van der Waals surface area contributed by atoms with Crippen LogP contribution in [0.15, 0.2) is 67.3 Å². The molecule has 0 atom stereocenters. The number of aromatic amines is 2. The molecule has 1 aliphatic heterocycles. The van der Waals surface area contributed by atoms with Gasteiger partial charge in [-0.1, -0.05) is 19.6 Å². The molecule has 6 rings (SSSR count). The summed E-state index contributed by atoms with van der Waals surface area (Å²) in [4.78, 5) is 17.5. The first-order valence-corrected chi connectivity index (χ1v) is 12.4. The Labute approximate surface area is 210 Å². The van der Waals surface area contributed by atoms with Crippen LogP contribution in [-0.2, 0) is 0 Å². The van der Waals surface area contributed by atoms with E-state index in [1.807, 2.05) is 18.6 Å². The summed E-state index contributed by atoms with van der Waals surface area (Å²) in [5.41, 5.74) is 8.85. The van der Waals surface area contributed by atoms with Gasteiger partial charge in [-0.25, -0.2) is 4.98 Å². The Kier molecular flexibility index (Phi) is 5.65. The lowest BCUT2D eigenvalue weighted by atomic mass is 10.1. The fourth-order valence-corrected chi connectivity index (χ4v) is 4.82. The van der Waals surface area contributed by atoms with E-state index in [0.717, 1.165) is 77.4 Å². The molecule has 0 radical (unpaired) electrons. The molecule has 0 unspecified atom stereocenters. The lowest BCUT2D eigenvalue weighted by Gasteiger charge is -2.34. The van der Waals surface area contributed by atoms with Crippen LogP contribution in [0.1, 0.15) is 13.3 Å². The van der Waals surface area contributed by atoms with Gasteiger partial charge in [0, 0.05) is 77.4 Å². The number of rotatable bonds is 6. The summed E-state index contributed by atoms with van der Waals surface area (Å²) in [5.74, 6) is 0. The lowest BCUT2D eigenvalue weighted by Crippen LogP contribution is -2.44. The average molecular weight is 479 g/mol. The zero-order valence-electron chi connectivity index (χ0n) is 20.7. The molecule has 0 saturated carbocycles. The predicted octanol–water partition coefficient (Wildman–Crippen LogP) is 5.26. The SMILES string of the molecule is C=C(CC)Nc1cncc(-c2cnc3n[nH]c(-c4cc5c(N6CCN(C)CC6)cccc5[nH]4)c3c2)c1. The van der Waals surface area contributed by atoms with E-state index < -0.39 is 0 Å². The minimum Gasteiger partial charge on any atom is -0.368 e. The van der Waals surface area contributed by atoms with E-state index >= 15 is 0 Å². The van der Waals surface area contributed by atoms with Crippen molar-refractivity contribution in [2.24, 2.45) is 0 Å². The molecule has 5 aromatic rings. The van der Waals surface area contributed by atoms with Gasteiger partial charge >= 0.3 is 0 Å². The van der Waals surface area contributed by atoms with Crippen LogP contribution in [-0.4, -0.2) is 63.3 Å². The predicted molar refractivity (Wildman–Crippen MR) is 147 cm³/mol. The van der Waals surface area contributed by atoms with Crippen LogP contribution >= 0.6 is 0 Å². The van der Waals surface area contributed by atoms with Gasteiger partial charge in [-0.2, -0.15) is 5.10 Å². The Hall–Kier alpha value is -4.17. The van der Waals surface area contributed by atoms with Crippen LogP contribution in [0.4, 0.5) is 11.4 Å². The van der Waals surface area contributed by atoms with E-state index in [0.29, 0.717) is 5.65 Å². The summed E-state index contributed by atoms with van der Waals surface area (Å²) >= 11 is 0. The van der Waals surface area contributed by atoms with Crippen molar-refractivity contribution in [1.82, 2.24) is 30.0 Å². The Morgan fingerprint density at radius 3 is 2.69 bits per heavy atom. The normalized spacial score (nSPS) is 14.6. The van der Waals surface area contributed by atoms with Crippen LogP contribution in [0.5, 0.6) is 0 Å². The minimum absolute atomic E-state index is 0.688. The highest BCUT2D eigenvalue weighted by Crippen LogP contribution is 2.34. The molecule has 3 N–H and O–H groups in total. The summed E-state index contributed by atoms with van der Waals surface area (Å²) in [5, 5.41) is 13.2. The molecule has 36 heavy (non-hydrogen) atoms.